The van der Waals surface area contributed by atoms with Crippen molar-refractivity contribution in [3.63, 3.8) is 0 Å². The van der Waals surface area contributed by atoms with E-state index in [-0.39, 0.29) is 5.92 Å². The van der Waals surface area contributed by atoms with E-state index in [1.807, 2.05) is 30.0 Å². The Kier molecular flexibility index (Phi) is 4.45. The first-order valence-corrected chi connectivity index (χ1v) is 10.6. The van der Waals surface area contributed by atoms with Crippen LogP contribution in [-0.4, -0.2) is 73.0 Å². The summed E-state index contributed by atoms with van der Waals surface area (Å²) >= 11 is 0. The highest BCUT2D eigenvalue weighted by atomic mass is 32.2. The molecule has 0 aliphatic carbocycles. The number of hydrogen-bond acceptors (Lipinski definition) is 6. The van der Waals surface area contributed by atoms with Gasteiger partial charge >= 0.3 is 0 Å². The first-order chi connectivity index (χ1) is 12.7. The summed E-state index contributed by atoms with van der Waals surface area (Å²) in [7, 11) is -0.424. The Morgan fingerprint density at radius 1 is 1.26 bits per heavy atom. The molecule has 1 aromatic heterocycles. The number of anilines is 1. The molecule has 8 nitrogen and oxygen atoms in total. The van der Waals surface area contributed by atoms with Crippen LogP contribution in [0.2, 0.25) is 0 Å². The number of aromatic nitrogens is 1. The summed E-state index contributed by atoms with van der Waals surface area (Å²) in [5, 5.41) is 11.0. The van der Waals surface area contributed by atoms with Crippen molar-refractivity contribution in [1.82, 2.24) is 13.6 Å². The van der Waals surface area contributed by atoms with Crippen molar-refractivity contribution in [2.45, 2.75) is 25.4 Å². The minimum atomic E-state index is -3.49. The second-order valence-electron chi connectivity index (χ2n) is 7.86. The van der Waals surface area contributed by atoms with Crippen LogP contribution in [0.4, 0.5) is 6.01 Å². The van der Waals surface area contributed by atoms with Crippen molar-refractivity contribution < 1.29 is 17.9 Å². The Bertz CT molecular complexity index is 957. The Balaban J connectivity index is 1.57. The maximum absolute atomic E-state index is 12.5. The SMILES string of the molecule is Cc1ccc2oc(N3CC[C@@]4(O)CCN(S(=O)(=O)N(C)C)C[C@H]4C3)nc2c1. The van der Waals surface area contributed by atoms with Crippen LogP contribution in [0.5, 0.6) is 0 Å². The molecule has 0 unspecified atom stereocenters. The van der Waals surface area contributed by atoms with Crippen LogP contribution >= 0.6 is 0 Å². The smallest absolute Gasteiger partial charge is 0.298 e. The van der Waals surface area contributed by atoms with Crippen molar-refractivity contribution in [2.75, 3.05) is 45.2 Å². The number of piperidine rings is 2. The molecule has 2 fully saturated rings. The highest BCUT2D eigenvalue weighted by Crippen LogP contribution is 2.38. The third-order valence-electron chi connectivity index (χ3n) is 5.82. The predicted molar refractivity (Wildman–Crippen MR) is 103 cm³/mol. The van der Waals surface area contributed by atoms with Crippen molar-refractivity contribution >= 4 is 27.3 Å². The molecule has 1 aromatic carbocycles. The zero-order valence-corrected chi connectivity index (χ0v) is 16.7. The van der Waals surface area contributed by atoms with Crippen LogP contribution in [0.3, 0.4) is 0 Å². The standard InChI is InChI=1S/C18H26N4O4S/c1-13-4-5-16-15(10-13)19-17(26-16)21-8-6-18(23)7-9-22(12-14(18)11-21)27(24,25)20(2)3/h4-5,10,14,23H,6-9,11-12H2,1-3H3/t14-,18-/m1/s1. The average Bonchev–Trinajstić information content (AvgIpc) is 3.03. The van der Waals surface area contributed by atoms with Crippen LogP contribution in [-0.2, 0) is 10.2 Å². The molecule has 0 bridgehead atoms. The van der Waals surface area contributed by atoms with Crippen molar-refractivity contribution in [2.24, 2.45) is 5.92 Å². The van der Waals surface area contributed by atoms with E-state index in [0.717, 1.165) is 16.7 Å². The molecule has 27 heavy (non-hydrogen) atoms. The van der Waals surface area contributed by atoms with Crippen LogP contribution in [0, 0.1) is 12.8 Å². The zero-order valence-electron chi connectivity index (χ0n) is 15.9. The van der Waals surface area contributed by atoms with Crippen LogP contribution in [0.25, 0.3) is 11.1 Å². The van der Waals surface area contributed by atoms with E-state index in [4.69, 9.17) is 4.42 Å². The van der Waals surface area contributed by atoms with Gasteiger partial charge in [-0.1, -0.05) is 6.07 Å². The second kappa shape index (κ2) is 6.44. The van der Waals surface area contributed by atoms with Gasteiger partial charge in [0.15, 0.2) is 5.58 Å². The van der Waals surface area contributed by atoms with E-state index in [0.29, 0.717) is 45.0 Å². The number of aryl methyl sites for hydroxylation is 1. The molecular formula is C18H26N4O4S. The molecule has 9 heteroatoms. The molecule has 2 aliphatic rings. The number of rotatable bonds is 3. The third-order valence-corrected chi connectivity index (χ3v) is 7.73. The fourth-order valence-corrected chi connectivity index (χ4v) is 5.20. The van der Waals surface area contributed by atoms with Gasteiger partial charge < -0.3 is 14.4 Å². The third kappa shape index (κ3) is 3.22. The maximum atomic E-state index is 12.5. The van der Waals surface area contributed by atoms with Crippen LogP contribution in [0.15, 0.2) is 22.6 Å². The van der Waals surface area contributed by atoms with E-state index in [9.17, 15) is 13.5 Å². The van der Waals surface area contributed by atoms with Gasteiger partial charge in [0, 0.05) is 46.2 Å². The van der Waals surface area contributed by atoms with Crippen molar-refractivity contribution in [3.05, 3.63) is 23.8 Å². The minimum Gasteiger partial charge on any atom is -0.423 e. The van der Waals surface area contributed by atoms with E-state index in [1.165, 1.54) is 22.7 Å². The zero-order chi connectivity index (χ0) is 19.4. The lowest BCUT2D eigenvalue weighted by Crippen LogP contribution is -2.61. The lowest BCUT2D eigenvalue weighted by atomic mass is 9.76. The van der Waals surface area contributed by atoms with Gasteiger partial charge in [-0.3, -0.25) is 0 Å². The maximum Gasteiger partial charge on any atom is 0.298 e. The topological polar surface area (TPSA) is 90.1 Å². The first-order valence-electron chi connectivity index (χ1n) is 9.21. The second-order valence-corrected chi connectivity index (χ2v) is 10.0. The molecule has 4 rings (SSSR count). The molecule has 2 aromatic rings. The molecular weight excluding hydrogens is 368 g/mol. The van der Waals surface area contributed by atoms with Gasteiger partial charge in [0.25, 0.3) is 16.2 Å². The molecule has 148 valence electrons. The first kappa shape index (κ1) is 18.7. The van der Waals surface area contributed by atoms with E-state index >= 15 is 0 Å². The number of nitrogens with zero attached hydrogens (tertiary/aromatic N) is 4. The number of benzene rings is 1. The molecule has 0 radical (unpaired) electrons. The Morgan fingerprint density at radius 2 is 2.00 bits per heavy atom. The normalized spacial score (nSPS) is 27.3. The summed E-state index contributed by atoms with van der Waals surface area (Å²) < 4.78 is 33.6. The predicted octanol–water partition coefficient (Wildman–Crippen LogP) is 1.21. The molecule has 2 saturated heterocycles. The van der Waals surface area contributed by atoms with Gasteiger partial charge in [-0.25, -0.2) is 0 Å². The van der Waals surface area contributed by atoms with E-state index < -0.39 is 15.8 Å². The summed E-state index contributed by atoms with van der Waals surface area (Å²) in [4.78, 5) is 6.61. The lowest BCUT2D eigenvalue weighted by Gasteiger charge is -2.49. The summed E-state index contributed by atoms with van der Waals surface area (Å²) in [5.74, 6) is -0.188. The van der Waals surface area contributed by atoms with Gasteiger partial charge in [-0.05, 0) is 37.5 Å². The lowest BCUT2D eigenvalue weighted by molar-refractivity contribution is -0.0699. The number of fused-ring (bicyclic) bond motifs is 2. The van der Waals surface area contributed by atoms with Crippen molar-refractivity contribution in [3.8, 4) is 0 Å². The van der Waals surface area contributed by atoms with Crippen LogP contribution < -0.4 is 4.90 Å². The summed E-state index contributed by atoms with van der Waals surface area (Å²) in [5.41, 5.74) is 1.83. The summed E-state index contributed by atoms with van der Waals surface area (Å²) in [6.45, 7) is 3.81. The monoisotopic (exact) mass is 394 g/mol. The molecule has 0 spiro atoms. The van der Waals surface area contributed by atoms with E-state index in [1.54, 1.807) is 0 Å². The highest BCUT2D eigenvalue weighted by Gasteiger charge is 2.48. The Labute approximate surface area is 159 Å². The minimum absolute atomic E-state index is 0.188. The van der Waals surface area contributed by atoms with Gasteiger partial charge in [-0.15, -0.1) is 0 Å². The Morgan fingerprint density at radius 3 is 2.74 bits per heavy atom. The molecule has 2 atom stereocenters. The van der Waals surface area contributed by atoms with Gasteiger partial charge in [0.1, 0.15) is 5.52 Å². The summed E-state index contributed by atoms with van der Waals surface area (Å²) in [6.07, 6.45) is 1.02. The fourth-order valence-electron chi connectivity index (χ4n) is 4.05. The van der Waals surface area contributed by atoms with E-state index in [2.05, 4.69) is 4.98 Å². The summed E-state index contributed by atoms with van der Waals surface area (Å²) in [6, 6.07) is 6.41. The number of hydrogen-bond donors (Lipinski definition) is 1. The Hall–Kier alpha value is -1.68. The molecule has 1 N–H and O–H groups in total. The fraction of sp³-hybridized carbons (Fsp3) is 0.611. The average molecular weight is 394 g/mol. The van der Waals surface area contributed by atoms with Crippen LogP contribution in [0.1, 0.15) is 18.4 Å². The van der Waals surface area contributed by atoms with Crippen molar-refractivity contribution in [1.29, 1.82) is 0 Å². The van der Waals surface area contributed by atoms with Gasteiger partial charge in [0.05, 0.1) is 5.60 Å². The molecule has 2 aliphatic heterocycles. The van der Waals surface area contributed by atoms with Gasteiger partial charge in [-0.2, -0.15) is 22.0 Å². The highest BCUT2D eigenvalue weighted by molar-refractivity contribution is 7.86. The largest absolute Gasteiger partial charge is 0.423 e. The number of aliphatic hydroxyl groups is 1. The van der Waals surface area contributed by atoms with Gasteiger partial charge in [0.2, 0.25) is 0 Å². The number of oxazole rings is 1. The quantitative estimate of drug-likeness (QED) is 0.842. The molecule has 3 heterocycles. The molecule has 0 amide bonds. The molecule has 0 saturated carbocycles.